The highest BCUT2D eigenvalue weighted by Crippen LogP contribution is 2.42. The van der Waals surface area contributed by atoms with Gasteiger partial charge in [-0.15, -0.1) is 0 Å². The average molecular weight is 444 g/mol. The molecule has 2 aliphatic heterocycles. The molecule has 2 aromatic rings. The molecular weight excluding hydrogens is 417 g/mol. The van der Waals surface area contributed by atoms with Crippen molar-refractivity contribution in [1.29, 1.82) is 0 Å². The number of fused-ring (bicyclic) bond motifs is 1. The van der Waals surface area contributed by atoms with Gasteiger partial charge in [0.25, 0.3) is 0 Å². The van der Waals surface area contributed by atoms with Gasteiger partial charge in [-0.05, 0) is 63.3 Å². The molecule has 0 spiro atoms. The Morgan fingerprint density at radius 2 is 1.90 bits per heavy atom. The molecule has 0 radical (unpaired) electrons. The summed E-state index contributed by atoms with van der Waals surface area (Å²) in [5.41, 5.74) is 2.04. The van der Waals surface area contributed by atoms with Crippen LogP contribution in [0.5, 0.6) is 5.75 Å². The SMILES string of the molecule is CC(C)(C)OC(=O)N1CCC(c2cccc3c2OC(c2ccc(Cl)cc2F)C=C3)CC1. The predicted octanol–water partition coefficient (Wildman–Crippen LogP) is 6.74. The van der Waals surface area contributed by atoms with Crippen molar-refractivity contribution in [2.75, 3.05) is 13.1 Å². The standard InChI is InChI=1S/C25H27ClFNO3/c1-25(2,3)31-24(29)28-13-11-16(12-14-28)19-6-4-5-17-7-10-22(30-23(17)19)20-9-8-18(26)15-21(20)27/h4-10,15-16,22H,11-14H2,1-3H3. The van der Waals surface area contributed by atoms with E-state index < -0.39 is 11.7 Å². The molecule has 1 fully saturated rings. The third-order valence-electron chi connectivity index (χ3n) is 5.63. The molecule has 1 unspecified atom stereocenters. The van der Waals surface area contributed by atoms with Crippen molar-refractivity contribution in [2.45, 2.75) is 51.2 Å². The molecule has 2 aliphatic rings. The Balaban J connectivity index is 1.50. The molecule has 2 heterocycles. The van der Waals surface area contributed by atoms with Gasteiger partial charge < -0.3 is 14.4 Å². The van der Waals surface area contributed by atoms with Gasteiger partial charge in [-0.3, -0.25) is 0 Å². The van der Waals surface area contributed by atoms with Crippen LogP contribution in [0.2, 0.25) is 5.02 Å². The molecule has 1 saturated heterocycles. The van der Waals surface area contributed by atoms with Crippen LogP contribution in [0, 0.1) is 5.82 Å². The van der Waals surface area contributed by atoms with E-state index in [9.17, 15) is 9.18 Å². The maximum atomic E-state index is 14.5. The summed E-state index contributed by atoms with van der Waals surface area (Å²) in [5, 5.41) is 0.360. The number of hydrogen-bond donors (Lipinski definition) is 0. The predicted molar refractivity (Wildman–Crippen MR) is 120 cm³/mol. The van der Waals surface area contributed by atoms with Gasteiger partial charge in [-0.25, -0.2) is 9.18 Å². The van der Waals surface area contributed by atoms with Crippen molar-refractivity contribution in [2.24, 2.45) is 0 Å². The minimum atomic E-state index is -0.507. The van der Waals surface area contributed by atoms with E-state index in [1.807, 2.05) is 45.1 Å². The smallest absolute Gasteiger partial charge is 0.410 e. The second kappa shape index (κ2) is 8.54. The molecule has 0 aromatic heterocycles. The van der Waals surface area contributed by atoms with E-state index in [0.717, 1.165) is 29.7 Å². The van der Waals surface area contributed by atoms with Crippen LogP contribution in [0.1, 0.15) is 62.3 Å². The first kappa shape index (κ1) is 21.7. The third kappa shape index (κ3) is 4.87. The number of nitrogens with zero attached hydrogens (tertiary/aromatic N) is 1. The minimum Gasteiger partial charge on any atom is -0.481 e. The highest BCUT2D eigenvalue weighted by molar-refractivity contribution is 6.30. The lowest BCUT2D eigenvalue weighted by atomic mass is 9.87. The first-order chi connectivity index (χ1) is 14.7. The number of ether oxygens (including phenoxy) is 2. The molecule has 1 atom stereocenters. The zero-order chi connectivity index (χ0) is 22.2. The van der Waals surface area contributed by atoms with E-state index in [1.54, 1.807) is 17.0 Å². The maximum Gasteiger partial charge on any atom is 0.410 e. The van der Waals surface area contributed by atoms with Crippen LogP contribution in [0.15, 0.2) is 42.5 Å². The topological polar surface area (TPSA) is 38.8 Å². The molecule has 6 heteroatoms. The molecule has 0 N–H and O–H groups in total. The number of likely N-dealkylation sites (tertiary alicyclic amines) is 1. The van der Waals surface area contributed by atoms with Gasteiger partial charge in [0, 0.05) is 29.2 Å². The number of amides is 1. The maximum absolute atomic E-state index is 14.5. The van der Waals surface area contributed by atoms with Crippen LogP contribution in [-0.2, 0) is 4.74 Å². The number of benzene rings is 2. The van der Waals surface area contributed by atoms with Crippen LogP contribution in [0.3, 0.4) is 0 Å². The quantitative estimate of drug-likeness (QED) is 0.515. The second-order valence-corrected chi connectivity index (χ2v) is 9.51. The number of halogens is 2. The fraction of sp³-hybridized carbons (Fsp3) is 0.400. The number of piperidine rings is 1. The lowest BCUT2D eigenvalue weighted by molar-refractivity contribution is 0.0204. The summed E-state index contributed by atoms with van der Waals surface area (Å²) in [6.45, 7) is 6.89. The molecule has 0 saturated carbocycles. The van der Waals surface area contributed by atoms with Crippen molar-refractivity contribution < 1.29 is 18.7 Å². The van der Waals surface area contributed by atoms with Crippen molar-refractivity contribution in [1.82, 2.24) is 4.90 Å². The van der Waals surface area contributed by atoms with E-state index >= 15 is 0 Å². The Labute approximate surface area is 187 Å². The number of carbonyl (C=O) groups excluding carboxylic acids is 1. The van der Waals surface area contributed by atoms with Gasteiger partial charge in [0.2, 0.25) is 0 Å². The van der Waals surface area contributed by atoms with E-state index in [4.69, 9.17) is 21.1 Å². The van der Waals surface area contributed by atoms with Crippen molar-refractivity contribution in [3.05, 3.63) is 70.0 Å². The summed E-state index contributed by atoms with van der Waals surface area (Å²) < 4.78 is 26.2. The first-order valence-corrected chi connectivity index (χ1v) is 11.0. The molecular formula is C25H27ClFNO3. The summed E-state index contributed by atoms with van der Waals surface area (Å²) in [7, 11) is 0. The largest absolute Gasteiger partial charge is 0.481 e. The van der Waals surface area contributed by atoms with Crippen molar-refractivity contribution in [3.8, 4) is 5.75 Å². The summed E-state index contributed by atoms with van der Waals surface area (Å²) in [6, 6.07) is 10.7. The summed E-state index contributed by atoms with van der Waals surface area (Å²) >= 11 is 5.90. The molecule has 164 valence electrons. The highest BCUT2D eigenvalue weighted by Gasteiger charge is 2.30. The Kier molecular flexibility index (Phi) is 5.98. The van der Waals surface area contributed by atoms with Crippen LogP contribution in [0.4, 0.5) is 9.18 Å². The van der Waals surface area contributed by atoms with E-state index in [-0.39, 0.29) is 17.8 Å². The van der Waals surface area contributed by atoms with Gasteiger partial charge in [0.1, 0.15) is 23.3 Å². The normalized spacial score (nSPS) is 19.0. The first-order valence-electron chi connectivity index (χ1n) is 10.6. The van der Waals surface area contributed by atoms with Crippen LogP contribution in [0.25, 0.3) is 6.08 Å². The second-order valence-electron chi connectivity index (χ2n) is 9.07. The van der Waals surface area contributed by atoms with Crippen LogP contribution >= 0.6 is 11.6 Å². The fourth-order valence-electron chi connectivity index (χ4n) is 4.12. The van der Waals surface area contributed by atoms with Gasteiger partial charge in [-0.2, -0.15) is 0 Å². The highest BCUT2D eigenvalue weighted by atomic mass is 35.5. The Bertz CT molecular complexity index is 1010. The molecule has 2 aromatic carbocycles. The average Bonchev–Trinajstić information content (AvgIpc) is 2.72. The molecule has 31 heavy (non-hydrogen) atoms. The number of rotatable bonds is 2. The Morgan fingerprint density at radius 3 is 2.58 bits per heavy atom. The van der Waals surface area contributed by atoms with E-state index in [2.05, 4.69) is 6.07 Å². The zero-order valence-corrected chi connectivity index (χ0v) is 18.8. The van der Waals surface area contributed by atoms with E-state index in [1.165, 1.54) is 6.07 Å². The van der Waals surface area contributed by atoms with Gasteiger partial charge in [-0.1, -0.05) is 41.9 Å². The summed E-state index contributed by atoms with van der Waals surface area (Å²) in [5.74, 6) is 0.671. The molecule has 1 amide bonds. The molecule has 4 rings (SSSR count). The zero-order valence-electron chi connectivity index (χ0n) is 18.0. The van der Waals surface area contributed by atoms with E-state index in [0.29, 0.717) is 23.7 Å². The van der Waals surface area contributed by atoms with Gasteiger partial charge >= 0.3 is 6.09 Å². The number of para-hydroxylation sites is 1. The van der Waals surface area contributed by atoms with Crippen molar-refractivity contribution in [3.63, 3.8) is 0 Å². The molecule has 4 nitrogen and oxygen atoms in total. The van der Waals surface area contributed by atoms with Crippen LogP contribution in [-0.4, -0.2) is 29.7 Å². The number of hydrogen-bond acceptors (Lipinski definition) is 3. The monoisotopic (exact) mass is 443 g/mol. The minimum absolute atomic E-state index is 0.260. The molecule has 0 bridgehead atoms. The molecule has 0 aliphatic carbocycles. The van der Waals surface area contributed by atoms with Crippen molar-refractivity contribution >= 4 is 23.8 Å². The van der Waals surface area contributed by atoms with Crippen LogP contribution < -0.4 is 4.74 Å². The van der Waals surface area contributed by atoms with Gasteiger partial charge in [0.15, 0.2) is 0 Å². The summed E-state index contributed by atoms with van der Waals surface area (Å²) in [6.07, 6.45) is 4.72. The Morgan fingerprint density at radius 1 is 1.16 bits per heavy atom. The van der Waals surface area contributed by atoms with Gasteiger partial charge in [0.05, 0.1) is 0 Å². The third-order valence-corrected chi connectivity index (χ3v) is 5.86. The summed E-state index contributed by atoms with van der Waals surface area (Å²) in [4.78, 5) is 14.1. The lowest BCUT2D eigenvalue weighted by Gasteiger charge is -2.35. The fourth-order valence-corrected chi connectivity index (χ4v) is 4.28. The lowest BCUT2D eigenvalue weighted by Crippen LogP contribution is -2.41. The Hall–Kier alpha value is -2.53. The number of carbonyl (C=O) groups is 1.